The zero-order valence-electron chi connectivity index (χ0n) is 11.3. The van der Waals surface area contributed by atoms with Gasteiger partial charge in [-0.1, -0.05) is 25.5 Å². The molecule has 1 N–H and O–H groups in total. The third kappa shape index (κ3) is 4.35. The zero-order valence-corrected chi connectivity index (χ0v) is 12.1. The number of rotatable bonds is 7. The van der Waals surface area contributed by atoms with Crippen molar-refractivity contribution in [3.63, 3.8) is 0 Å². The van der Waals surface area contributed by atoms with Crippen LogP contribution < -0.4 is 0 Å². The van der Waals surface area contributed by atoms with Crippen LogP contribution >= 0.6 is 0 Å². The van der Waals surface area contributed by atoms with Crippen molar-refractivity contribution in [2.24, 2.45) is 0 Å². The number of carbonyl (C=O) groups is 1. The molecule has 0 aliphatic rings. The third-order valence-corrected chi connectivity index (χ3v) is 5.33. The molecule has 19 heavy (non-hydrogen) atoms. The normalized spacial score (nSPS) is 13.2. The maximum Gasteiger partial charge on any atom is 0.303 e. The first-order chi connectivity index (χ1) is 8.87. The van der Waals surface area contributed by atoms with Crippen LogP contribution in [0.1, 0.15) is 38.7 Å². The van der Waals surface area contributed by atoms with Crippen molar-refractivity contribution >= 4 is 15.8 Å². The SMILES string of the molecule is CCCC(C)S(=O)(=O)c1ccc(CCC(=O)O)cc1. The van der Waals surface area contributed by atoms with Crippen molar-refractivity contribution < 1.29 is 18.3 Å². The van der Waals surface area contributed by atoms with Crippen molar-refractivity contribution in [2.75, 3.05) is 0 Å². The number of hydrogen-bond acceptors (Lipinski definition) is 3. The van der Waals surface area contributed by atoms with Crippen molar-refractivity contribution in [1.82, 2.24) is 0 Å². The summed E-state index contributed by atoms with van der Waals surface area (Å²) in [6, 6.07) is 6.51. The second-order valence-electron chi connectivity index (χ2n) is 4.68. The minimum absolute atomic E-state index is 0.0539. The van der Waals surface area contributed by atoms with Gasteiger partial charge < -0.3 is 5.11 Å². The van der Waals surface area contributed by atoms with Crippen LogP contribution in [0, 0.1) is 0 Å². The van der Waals surface area contributed by atoms with Crippen molar-refractivity contribution in [3.8, 4) is 0 Å². The Morgan fingerprint density at radius 2 is 1.84 bits per heavy atom. The molecule has 0 aliphatic carbocycles. The molecule has 5 heteroatoms. The average molecular weight is 284 g/mol. The lowest BCUT2D eigenvalue weighted by Gasteiger charge is -2.12. The first-order valence-electron chi connectivity index (χ1n) is 6.42. The Kier molecular flexibility index (Phi) is 5.54. The number of benzene rings is 1. The molecule has 4 nitrogen and oxygen atoms in total. The Bertz CT molecular complexity index is 517. The smallest absolute Gasteiger partial charge is 0.303 e. The first kappa shape index (κ1) is 15.7. The molecule has 0 aliphatic heterocycles. The molecule has 0 radical (unpaired) electrons. The van der Waals surface area contributed by atoms with Crippen LogP contribution in [-0.2, 0) is 21.1 Å². The summed E-state index contributed by atoms with van der Waals surface area (Å²) >= 11 is 0. The van der Waals surface area contributed by atoms with E-state index >= 15 is 0 Å². The van der Waals surface area contributed by atoms with E-state index in [9.17, 15) is 13.2 Å². The van der Waals surface area contributed by atoms with E-state index in [1.54, 1.807) is 31.2 Å². The van der Waals surface area contributed by atoms with Crippen LogP contribution in [0.2, 0.25) is 0 Å². The van der Waals surface area contributed by atoms with E-state index in [1.165, 1.54) is 0 Å². The van der Waals surface area contributed by atoms with Gasteiger partial charge in [-0.25, -0.2) is 8.42 Å². The summed E-state index contributed by atoms with van der Waals surface area (Å²) in [5.41, 5.74) is 0.837. The minimum atomic E-state index is -3.27. The molecule has 0 bridgehead atoms. The van der Waals surface area contributed by atoms with Gasteiger partial charge in [-0.2, -0.15) is 0 Å². The van der Waals surface area contributed by atoms with E-state index in [-0.39, 0.29) is 11.7 Å². The van der Waals surface area contributed by atoms with Crippen LogP contribution in [0.15, 0.2) is 29.2 Å². The fourth-order valence-corrected chi connectivity index (χ4v) is 3.42. The predicted octanol–water partition coefficient (Wildman–Crippen LogP) is 2.67. The van der Waals surface area contributed by atoms with Crippen molar-refractivity contribution in [1.29, 1.82) is 0 Å². The molecular weight excluding hydrogens is 264 g/mol. The summed E-state index contributed by atoms with van der Waals surface area (Å²) in [5.74, 6) is -0.853. The van der Waals surface area contributed by atoms with E-state index in [1.807, 2.05) is 6.92 Å². The van der Waals surface area contributed by atoms with Gasteiger partial charge in [0.05, 0.1) is 10.1 Å². The van der Waals surface area contributed by atoms with Gasteiger partial charge in [0.1, 0.15) is 0 Å². The first-order valence-corrected chi connectivity index (χ1v) is 7.97. The van der Waals surface area contributed by atoms with Gasteiger partial charge in [0.25, 0.3) is 0 Å². The van der Waals surface area contributed by atoms with Crippen molar-refractivity contribution in [2.45, 2.75) is 49.7 Å². The molecule has 1 unspecified atom stereocenters. The molecule has 1 rings (SSSR count). The van der Waals surface area contributed by atoms with Gasteiger partial charge in [-0.05, 0) is 37.5 Å². The number of carboxylic acid groups (broad SMARTS) is 1. The molecule has 0 fully saturated rings. The van der Waals surface area contributed by atoms with Gasteiger partial charge in [-0.3, -0.25) is 4.79 Å². The minimum Gasteiger partial charge on any atom is -0.481 e. The van der Waals surface area contributed by atoms with Crippen LogP contribution in [0.3, 0.4) is 0 Å². The molecule has 0 saturated carbocycles. The molecule has 0 spiro atoms. The Morgan fingerprint density at radius 1 is 1.26 bits per heavy atom. The lowest BCUT2D eigenvalue weighted by atomic mass is 10.1. The second-order valence-corrected chi connectivity index (χ2v) is 7.05. The molecule has 1 atom stereocenters. The van der Waals surface area contributed by atoms with Gasteiger partial charge in [0, 0.05) is 6.42 Å². The second kappa shape index (κ2) is 6.70. The van der Waals surface area contributed by atoms with E-state index in [0.29, 0.717) is 17.7 Å². The van der Waals surface area contributed by atoms with Crippen LogP contribution in [-0.4, -0.2) is 24.7 Å². The Hall–Kier alpha value is -1.36. The highest BCUT2D eigenvalue weighted by molar-refractivity contribution is 7.92. The largest absolute Gasteiger partial charge is 0.481 e. The highest BCUT2D eigenvalue weighted by Gasteiger charge is 2.22. The number of aliphatic carboxylic acids is 1. The topological polar surface area (TPSA) is 71.4 Å². The fourth-order valence-electron chi connectivity index (χ4n) is 1.89. The molecule has 0 aromatic heterocycles. The molecule has 0 heterocycles. The third-order valence-electron chi connectivity index (χ3n) is 3.10. The summed E-state index contributed by atoms with van der Waals surface area (Å²) in [4.78, 5) is 10.8. The summed E-state index contributed by atoms with van der Waals surface area (Å²) in [6.45, 7) is 3.68. The van der Waals surface area contributed by atoms with Gasteiger partial charge in [-0.15, -0.1) is 0 Å². The summed E-state index contributed by atoms with van der Waals surface area (Å²) in [5, 5.41) is 8.21. The number of hydrogen-bond donors (Lipinski definition) is 1. The molecule has 106 valence electrons. The van der Waals surface area contributed by atoms with E-state index in [0.717, 1.165) is 12.0 Å². The van der Waals surface area contributed by atoms with Crippen LogP contribution in [0.5, 0.6) is 0 Å². The van der Waals surface area contributed by atoms with E-state index in [2.05, 4.69) is 0 Å². The lowest BCUT2D eigenvalue weighted by Crippen LogP contribution is -2.17. The maximum atomic E-state index is 12.2. The quantitative estimate of drug-likeness (QED) is 0.835. The monoisotopic (exact) mass is 284 g/mol. The highest BCUT2D eigenvalue weighted by atomic mass is 32.2. The Morgan fingerprint density at radius 3 is 2.32 bits per heavy atom. The van der Waals surface area contributed by atoms with Gasteiger partial charge in [0.15, 0.2) is 9.84 Å². The number of sulfone groups is 1. The van der Waals surface area contributed by atoms with E-state index < -0.39 is 15.8 Å². The summed E-state index contributed by atoms with van der Waals surface area (Å²) in [7, 11) is -3.27. The standard InChI is InChI=1S/C14H20O4S/c1-3-4-11(2)19(17,18)13-8-5-12(6-9-13)7-10-14(15)16/h5-6,8-9,11H,3-4,7,10H2,1-2H3,(H,15,16). The predicted molar refractivity (Wildman–Crippen MR) is 74.0 cm³/mol. The Labute approximate surface area is 114 Å². The number of aryl methyl sites for hydroxylation is 1. The maximum absolute atomic E-state index is 12.2. The molecular formula is C14H20O4S. The molecule has 0 amide bonds. The van der Waals surface area contributed by atoms with Crippen LogP contribution in [0.4, 0.5) is 0 Å². The zero-order chi connectivity index (χ0) is 14.5. The summed E-state index contributed by atoms with van der Waals surface area (Å²) in [6.07, 6.45) is 1.94. The molecule has 0 saturated heterocycles. The Balaban J connectivity index is 2.83. The van der Waals surface area contributed by atoms with Crippen LogP contribution in [0.25, 0.3) is 0 Å². The lowest BCUT2D eigenvalue weighted by molar-refractivity contribution is -0.136. The van der Waals surface area contributed by atoms with E-state index in [4.69, 9.17) is 5.11 Å². The van der Waals surface area contributed by atoms with Gasteiger partial charge >= 0.3 is 5.97 Å². The average Bonchev–Trinajstić information content (AvgIpc) is 2.37. The fraction of sp³-hybridized carbons (Fsp3) is 0.500. The molecule has 1 aromatic rings. The van der Waals surface area contributed by atoms with Gasteiger partial charge in [0.2, 0.25) is 0 Å². The summed E-state index contributed by atoms with van der Waals surface area (Å²) < 4.78 is 24.4. The number of carboxylic acids is 1. The molecule has 1 aromatic carbocycles. The van der Waals surface area contributed by atoms with Crippen molar-refractivity contribution in [3.05, 3.63) is 29.8 Å². The highest BCUT2D eigenvalue weighted by Crippen LogP contribution is 2.20.